The summed E-state index contributed by atoms with van der Waals surface area (Å²) in [6.07, 6.45) is 3.94. The predicted octanol–water partition coefficient (Wildman–Crippen LogP) is 6.15. The van der Waals surface area contributed by atoms with E-state index in [1.54, 1.807) is 16.7 Å². The van der Waals surface area contributed by atoms with Crippen molar-refractivity contribution in [1.29, 1.82) is 0 Å². The number of amidine groups is 1. The van der Waals surface area contributed by atoms with Crippen LogP contribution in [0.15, 0.2) is 80.5 Å². The van der Waals surface area contributed by atoms with Gasteiger partial charge >= 0.3 is 0 Å². The molecular formula is C23H22ClN3OS2. The summed E-state index contributed by atoms with van der Waals surface area (Å²) in [6.45, 7) is 6.09. The zero-order valence-electron chi connectivity index (χ0n) is 16.8. The average molecular weight is 456 g/mol. The second kappa shape index (κ2) is 9.33. The molecule has 2 heterocycles. The number of allylic oxidation sites excluding steroid dienone is 2. The van der Waals surface area contributed by atoms with Gasteiger partial charge in [0.05, 0.1) is 22.2 Å². The molecule has 0 spiro atoms. The highest BCUT2D eigenvalue weighted by Crippen LogP contribution is 2.47. The number of hydrogen-bond donors (Lipinski definition) is 0. The van der Waals surface area contributed by atoms with Crippen LogP contribution in [0.1, 0.15) is 19.4 Å². The Morgan fingerprint density at radius 3 is 2.50 bits per heavy atom. The van der Waals surface area contributed by atoms with E-state index in [4.69, 9.17) is 16.6 Å². The molecule has 2 aromatic carbocycles. The Balaban J connectivity index is 1.56. The molecule has 0 bridgehead atoms. The van der Waals surface area contributed by atoms with Gasteiger partial charge in [-0.25, -0.2) is 0 Å². The molecule has 0 aromatic heterocycles. The van der Waals surface area contributed by atoms with E-state index in [1.807, 2.05) is 67.6 Å². The topological polar surface area (TPSA) is 35.9 Å². The number of anilines is 1. The number of benzene rings is 2. The first-order valence-electron chi connectivity index (χ1n) is 9.85. The van der Waals surface area contributed by atoms with Gasteiger partial charge in [-0.3, -0.25) is 14.7 Å². The highest BCUT2D eigenvalue weighted by molar-refractivity contribution is 8.18. The summed E-state index contributed by atoms with van der Waals surface area (Å²) in [5.74, 6) is 0.0118. The van der Waals surface area contributed by atoms with Gasteiger partial charge in [-0.1, -0.05) is 53.7 Å². The van der Waals surface area contributed by atoms with Gasteiger partial charge in [0.15, 0.2) is 5.17 Å². The van der Waals surface area contributed by atoms with Gasteiger partial charge < -0.3 is 4.90 Å². The maximum Gasteiger partial charge on any atom is 0.266 e. The molecule has 7 heteroatoms. The van der Waals surface area contributed by atoms with Crippen molar-refractivity contribution in [2.24, 2.45) is 4.99 Å². The molecule has 30 heavy (non-hydrogen) atoms. The van der Waals surface area contributed by atoms with Crippen LogP contribution in [0.3, 0.4) is 0 Å². The minimum Gasteiger partial charge on any atom is -0.335 e. The van der Waals surface area contributed by atoms with E-state index < -0.39 is 0 Å². The summed E-state index contributed by atoms with van der Waals surface area (Å²) in [7, 11) is 0. The zero-order valence-corrected chi connectivity index (χ0v) is 19.2. The minimum atomic E-state index is 0.0118. The number of carbonyl (C=O) groups excluding carboxylic acids is 1. The van der Waals surface area contributed by atoms with Gasteiger partial charge in [0.2, 0.25) is 0 Å². The van der Waals surface area contributed by atoms with E-state index in [9.17, 15) is 4.79 Å². The fourth-order valence-electron chi connectivity index (χ4n) is 3.33. The Kier molecular flexibility index (Phi) is 6.56. The van der Waals surface area contributed by atoms with E-state index in [0.29, 0.717) is 18.0 Å². The van der Waals surface area contributed by atoms with Crippen LogP contribution in [0.4, 0.5) is 5.69 Å². The SMILES string of the molecule is CCN1C(=O)C(=CC=C2Sc3ccc(Cl)cc3N2CC)SC1=NCc1ccccc1. The molecule has 0 N–H and O–H groups in total. The zero-order chi connectivity index (χ0) is 21.1. The van der Waals surface area contributed by atoms with Crippen molar-refractivity contribution in [2.45, 2.75) is 25.3 Å². The van der Waals surface area contributed by atoms with Crippen LogP contribution in [-0.4, -0.2) is 29.1 Å². The molecule has 4 rings (SSSR count). The Morgan fingerprint density at radius 2 is 1.77 bits per heavy atom. The lowest BCUT2D eigenvalue weighted by atomic mass is 10.2. The molecule has 0 aliphatic carbocycles. The highest BCUT2D eigenvalue weighted by Gasteiger charge is 2.32. The number of thioether (sulfide) groups is 2. The number of fused-ring (bicyclic) bond motifs is 1. The molecule has 4 nitrogen and oxygen atoms in total. The summed E-state index contributed by atoms with van der Waals surface area (Å²) >= 11 is 9.32. The number of aliphatic imine (C=N–C) groups is 1. The largest absolute Gasteiger partial charge is 0.335 e. The normalized spacial score (nSPS) is 20.1. The number of halogens is 1. The summed E-state index contributed by atoms with van der Waals surface area (Å²) < 4.78 is 0. The van der Waals surface area contributed by atoms with Gasteiger partial charge in [0, 0.05) is 23.0 Å². The summed E-state index contributed by atoms with van der Waals surface area (Å²) in [6, 6.07) is 16.0. The lowest BCUT2D eigenvalue weighted by molar-refractivity contribution is -0.122. The Morgan fingerprint density at radius 1 is 1.00 bits per heavy atom. The van der Waals surface area contributed by atoms with Crippen LogP contribution in [0.2, 0.25) is 5.02 Å². The second-order valence-corrected chi connectivity index (χ2v) is 9.24. The van der Waals surface area contributed by atoms with Gasteiger partial charge in [-0.15, -0.1) is 0 Å². The predicted molar refractivity (Wildman–Crippen MR) is 129 cm³/mol. The molecule has 1 amide bonds. The van der Waals surface area contributed by atoms with Gasteiger partial charge in [-0.2, -0.15) is 0 Å². The summed E-state index contributed by atoms with van der Waals surface area (Å²) in [5.41, 5.74) is 2.25. The first kappa shape index (κ1) is 21.1. The maximum atomic E-state index is 12.9. The van der Waals surface area contributed by atoms with E-state index in [0.717, 1.165) is 33.0 Å². The Labute approximate surface area is 190 Å². The lowest BCUT2D eigenvalue weighted by Crippen LogP contribution is -2.28. The third-order valence-electron chi connectivity index (χ3n) is 4.83. The molecule has 1 saturated heterocycles. The number of rotatable bonds is 5. The molecule has 2 aliphatic rings. The van der Waals surface area contributed by atoms with E-state index >= 15 is 0 Å². The first-order valence-corrected chi connectivity index (χ1v) is 11.9. The number of hydrogen-bond acceptors (Lipinski definition) is 5. The van der Waals surface area contributed by atoms with Crippen LogP contribution < -0.4 is 4.90 Å². The van der Waals surface area contributed by atoms with Crippen molar-refractivity contribution in [3.8, 4) is 0 Å². The van der Waals surface area contributed by atoms with Crippen molar-refractivity contribution in [3.63, 3.8) is 0 Å². The first-order chi connectivity index (χ1) is 14.6. The monoisotopic (exact) mass is 455 g/mol. The molecule has 0 radical (unpaired) electrons. The molecule has 154 valence electrons. The van der Waals surface area contributed by atoms with Crippen LogP contribution >= 0.6 is 35.1 Å². The van der Waals surface area contributed by atoms with Crippen LogP contribution in [-0.2, 0) is 11.3 Å². The quantitative estimate of drug-likeness (QED) is 0.506. The van der Waals surface area contributed by atoms with Crippen molar-refractivity contribution in [3.05, 3.63) is 81.2 Å². The number of likely N-dealkylation sites (N-methyl/N-ethyl adjacent to an activating group) is 1. The van der Waals surface area contributed by atoms with Crippen molar-refractivity contribution in [1.82, 2.24) is 4.90 Å². The van der Waals surface area contributed by atoms with E-state index in [-0.39, 0.29) is 5.91 Å². The van der Waals surface area contributed by atoms with Crippen molar-refractivity contribution >= 4 is 51.9 Å². The number of carbonyl (C=O) groups is 1. The lowest BCUT2D eigenvalue weighted by Gasteiger charge is -2.17. The highest BCUT2D eigenvalue weighted by atomic mass is 35.5. The molecular weight excluding hydrogens is 434 g/mol. The maximum absolute atomic E-state index is 12.9. The van der Waals surface area contributed by atoms with Gasteiger partial charge in [-0.05, 0) is 61.5 Å². The van der Waals surface area contributed by atoms with Gasteiger partial charge in [0.25, 0.3) is 5.91 Å². The smallest absolute Gasteiger partial charge is 0.266 e. The third kappa shape index (κ3) is 4.31. The minimum absolute atomic E-state index is 0.0118. The van der Waals surface area contributed by atoms with Crippen molar-refractivity contribution < 1.29 is 4.79 Å². The third-order valence-corrected chi connectivity index (χ3v) is 7.26. The van der Waals surface area contributed by atoms with Crippen molar-refractivity contribution in [2.75, 3.05) is 18.0 Å². The molecule has 2 aliphatic heterocycles. The van der Waals surface area contributed by atoms with E-state index in [2.05, 4.69) is 11.8 Å². The van der Waals surface area contributed by atoms with Gasteiger partial charge in [0.1, 0.15) is 0 Å². The summed E-state index contributed by atoms with van der Waals surface area (Å²) in [5, 5.41) is 2.58. The fourth-order valence-corrected chi connectivity index (χ4v) is 5.59. The molecule has 2 aromatic rings. The molecule has 0 saturated carbocycles. The number of nitrogens with zero attached hydrogens (tertiary/aromatic N) is 3. The van der Waals surface area contributed by atoms with Crippen LogP contribution in [0, 0.1) is 0 Å². The number of amides is 1. The molecule has 1 fully saturated rings. The standard InChI is InChI=1S/C23H22ClN3OS2/c1-3-26-18-14-17(24)10-11-19(18)29-21(26)13-12-20-22(28)27(4-2)23(30-20)25-15-16-8-6-5-7-9-16/h5-14H,3-4,15H2,1-2H3. The Bertz CT molecular complexity index is 1050. The second-order valence-electron chi connectivity index (χ2n) is 6.73. The fraction of sp³-hybridized carbons (Fsp3) is 0.217. The Hall–Kier alpha value is -2.15. The molecule has 0 atom stereocenters. The summed E-state index contributed by atoms with van der Waals surface area (Å²) in [4.78, 5) is 23.4. The van der Waals surface area contributed by atoms with Crippen LogP contribution in [0.25, 0.3) is 0 Å². The van der Waals surface area contributed by atoms with Crippen LogP contribution in [0.5, 0.6) is 0 Å². The van der Waals surface area contributed by atoms with E-state index in [1.165, 1.54) is 16.7 Å². The molecule has 0 unspecified atom stereocenters. The average Bonchev–Trinajstić information content (AvgIpc) is 3.27.